The Morgan fingerprint density at radius 1 is 1.20 bits per heavy atom. The number of hydrogen-bond acceptors (Lipinski definition) is 2. The Kier molecular flexibility index (Phi) is 37.3. The summed E-state index contributed by atoms with van der Waals surface area (Å²) in [6.07, 6.45) is 1.08. The van der Waals surface area contributed by atoms with E-state index in [1.54, 1.807) is 0 Å². The molecule has 1 aromatic rings. The van der Waals surface area contributed by atoms with Gasteiger partial charge in [-0.2, -0.15) is 17.7 Å². The molecule has 0 bridgehead atoms. The van der Waals surface area contributed by atoms with Crippen molar-refractivity contribution in [2.24, 2.45) is 0 Å². The summed E-state index contributed by atoms with van der Waals surface area (Å²) in [7, 11) is 0. The number of rotatable bonds is 0. The van der Waals surface area contributed by atoms with Crippen LogP contribution in [0, 0.1) is 20.2 Å². The first-order valence-electron chi connectivity index (χ1n) is 3.23. The first-order valence-corrected chi connectivity index (χ1v) is 4.71. The van der Waals surface area contributed by atoms with Crippen LogP contribution in [0.15, 0.2) is 24.3 Å². The van der Waals surface area contributed by atoms with E-state index in [2.05, 4.69) is 32.4 Å². The van der Waals surface area contributed by atoms with Crippen LogP contribution in [0.1, 0.15) is 5.56 Å². The molecule has 0 amide bonds. The largest absolute Gasteiger partial charge is 0 e. The van der Waals surface area contributed by atoms with Gasteiger partial charge in [-0.3, -0.25) is 4.21 Å². The topological polar surface area (TPSA) is 79.9 Å². The van der Waals surface area contributed by atoms with Crippen molar-refractivity contribution in [3.05, 3.63) is 43.1 Å². The molecule has 1 unspecified atom stereocenters. The van der Waals surface area contributed by atoms with E-state index in [0.29, 0.717) is 0 Å². The van der Waals surface area contributed by atoms with Gasteiger partial charge in [0.15, 0.2) is 0 Å². The third-order valence-electron chi connectivity index (χ3n) is 0.829. The predicted octanol–water partition coefficient (Wildman–Crippen LogP) is 1.13. The zero-order valence-electron chi connectivity index (χ0n) is 8.20. The van der Waals surface area contributed by atoms with Crippen molar-refractivity contribution in [3.63, 3.8) is 0 Å². The molecular weight excluding hydrogens is 260 g/mol. The van der Waals surface area contributed by atoms with Crippen LogP contribution in [-0.4, -0.2) is 15.0 Å². The first kappa shape index (κ1) is 23.9. The van der Waals surface area contributed by atoms with Gasteiger partial charge >= 0.3 is 22.6 Å². The first-order chi connectivity index (χ1) is 6.63. The van der Waals surface area contributed by atoms with Crippen LogP contribution in [0.5, 0.6) is 0 Å². The van der Waals surface area contributed by atoms with Gasteiger partial charge in [0.25, 0.3) is 0 Å². The molecule has 0 spiro atoms. The summed E-state index contributed by atoms with van der Waals surface area (Å²) in [6, 6.07) is 8.24. The third-order valence-corrected chi connectivity index (χ3v) is 0.829. The molecule has 0 saturated heterocycles. The molecule has 0 heterocycles. The van der Waals surface area contributed by atoms with E-state index in [0.717, 1.165) is 6.26 Å². The van der Waals surface area contributed by atoms with E-state index in [9.17, 15) is 0 Å². The maximum atomic E-state index is 9.00. The molecule has 4 nitrogen and oxygen atoms in total. The quantitative estimate of drug-likeness (QED) is 0.306. The fourth-order valence-corrected chi connectivity index (χ4v) is 0.470. The van der Waals surface area contributed by atoms with E-state index < -0.39 is 11.1 Å². The Labute approximate surface area is 103 Å². The molecule has 1 aromatic carbocycles. The summed E-state index contributed by atoms with van der Waals surface area (Å²) in [6.45, 7) is 11.1. The summed E-state index contributed by atoms with van der Waals surface area (Å²) >= 11 is -1.86. The Balaban J connectivity index is -0.0000000601. The fourth-order valence-electron chi connectivity index (χ4n) is 0.470. The van der Waals surface area contributed by atoms with Gasteiger partial charge in [0.2, 0.25) is 0 Å². The summed E-state index contributed by atoms with van der Waals surface area (Å²) in [5.41, 5.74) is 1.34. The Morgan fingerprint density at radius 3 is 1.47 bits per heavy atom. The smallest absolute Gasteiger partial charge is 0 e. The molecular formula is C9H10FeO4S-2. The van der Waals surface area contributed by atoms with Crippen molar-refractivity contribution in [2.75, 3.05) is 6.26 Å². The third kappa shape index (κ3) is 42.4. The van der Waals surface area contributed by atoms with E-state index in [1.807, 2.05) is 12.1 Å². The monoisotopic (exact) mass is 270 g/mol. The van der Waals surface area contributed by atoms with Crippen LogP contribution in [0.25, 0.3) is 0 Å². The maximum Gasteiger partial charge on any atom is 0 e. The molecule has 6 heteroatoms. The molecule has 1 atom stereocenters. The molecule has 0 fully saturated rings. The minimum atomic E-state index is -1.86. The summed E-state index contributed by atoms with van der Waals surface area (Å²) in [4.78, 5) is 0. The van der Waals surface area contributed by atoms with E-state index in [4.69, 9.17) is 18.1 Å². The molecule has 0 aromatic heterocycles. The molecule has 15 heavy (non-hydrogen) atoms. The molecule has 86 valence electrons. The zero-order chi connectivity index (χ0) is 12.0. The van der Waals surface area contributed by atoms with E-state index in [1.165, 1.54) is 5.56 Å². The van der Waals surface area contributed by atoms with Crippen LogP contribution in [0.3, 0.4) is 0 Å². The van der Waals surface area contributed by atoms with Gasteiger partial charge < -0.3 is 4.55 Å². The van der Waals surface area contributed by atoms with Crippen molar-refractivity contribution in [1.82, 2.24) is 0 Å². The molecule has 0 radical (unpaired) electrons. The normalized spacial score (nSPS) is 7.93. The average molecular weight is 270 g/mol. The van der Waals surface area contributed by atoms with Crippen LogP contribution in [0.4, 0.5) is 0 Å². The maximum absolute atomic E-state index is 9.00. The standard InChI is InChI=1S/C6H7.CH4O2S.2CO.Fe/c1-6-4-2-3-5-6;1-4(2)3;2*1-2;/h2-5H,1H3;1H3,(H,2,3);;;/q-1;;;;/p-1. The van der Waals surface area contributed by atoms with Crippen molar-refractivity contribution >= 4 is 11.1 Å². The summed E-state index contributed by atoms with van der Waals surface area (Å²) in [5.74, 6) is 0. The molecule has 0 aliphatic carbocycles. The SMILES string of the molecule is CS(=O)[O-].C[c-]1cccc1.[C-]#[O+].[C-]#[O+].[Fe]. The minimum Gasteiger partial charge on any atom is 0 e. The van der Waals surface area contributed by atoms with Gasteiger partial charge in [-0.1, -0.05) is 18.0 Å². The number of hydrogen-bond donors (Lipinski definition) is 0. The van der Waals surface area contributed by atoms with Crippen molar-refractivity contribution < 1.29 is 35.1 Å². The van der Waals surface area contributed by atoms with Crippen molar-refractivity contribution in [2.45, 2.75) is 6.92 Å². The molecule has 0 N–H and O–H groups in total. The van der Waals surface area contributed by atoms with Gasteiger partial charge in [0.05, 0.1) is 0 Å². The van der Waals surface area contributed by atoms with Crippen LogP contribution >= 0.6 is 0 Å². The minimum absolute atomic E-state index is 0. The van der Waals surface area contributed by atoms with Gasteiger partial charge in [0, 0.05) is 17.1 Å². The number of aryl methyl sites for hydroxylation is 1. The summed E-state index contributed by atoms with van der Waals surface area (Å²) in [5, 5.41) is 0. The molecule has 1 rings (SSSR count). The van der Waals surface area contributed by atoms with Gasteiger partial charge in [-0.05, 0) is 6.26 Å². The van der Waals surface area contributed by atoms with E-state index in [-0.39, 0.29) is 17.1 Å². The second kappa shape index (κ2) is 23.4. The van der Waals surface area contributed by atoms with Gasteiger partial charge in [0.1, 0.15) is 0 Å². The van der Waals surface area contributed by atoms with Gasteiger partial charge in [-0.15, -0.1) is 0 Å². The Hall–Kier alpha value is -0.541. The van der Waals surface area contributed by atoms with Gasteiger partial charge in [-0.25, -0.2) is 12.1 Å². The van der Waals surface area contributed by atoms with Crippen LogP contribution in [-0.2, 0) is 37.5 Å². The second-order valence-electron chi connectivity index (χ2n) is 1.86. The van der Waals surface area contributed by atoms with Crippen LogP contribution < -0.4 is 0 Å². The Morgan fingerprint density at radius 2 is 1.40 bits per heavy atom. The fraction of sp³-hybridized carbons (Fsp3) is 0.222. The van der Waals surface area contributed by atoms with Crippen molar-refractivity contribution in [3.8, 4) is 0 Å². The average Bonchev–Trinajstić information content (AvgIpc) is 2.62. The second-order valence-corrected chi connectivity index (χ2v) is 2.67. The van der Waals surface area contributed by atoms with Crippen molar-refractivity contribution in [1.29, 1.82) is 0 Å². The molecule has 0 aliphatic rings. The molecule has 0 aliphatic heterocycles. The Bertz CT molecular complexity index is 244. The van der Waals surface area contributed by atoms with E-state index >= 15 is 0 Å². The summed E-state index contributed by atoms with van der Waals surface area (Å²) < 4.78 is 33.0. The zero-order valence-corrected chi connectivity index (χ0v) is 10.1. The van der Waals surface area contributed by atoms with Crippen LogP contribution in [0.2, 0.25) is 0 Å². The predicted molar refractivity (Wildman–Crippen MR) is 49.5 cm³/mol. The molecule has 0 saturated carbocycles.